The lowest BCUT2D eigenvalue weighted by atomic mass is 10.2. The van der Waals surface area contributed by atoms with Gasteiger partial charge < -0.3 is 0 Å². The van der Waals surface area contributed by atoms with Crippen LogP contribution >= 0.6 is 11.3 Å². The predicted octanol–water partition coefficient (Wildman–Crippen LogP) is -4.14. The predicted molar refractivity (Wildman–Crippen MR) is 107 cm³/mol. The SMILES string of the molecule is Cc1cc(C)[n+](-c2ccc(S(=O)(=O)/N=c3/sc(S(N)(=O)=O)nn3C)cc2)c(C)c1.[O-][Cl+3]([O-])([O-])[O-]. The molecule has 186 valence electrons. The molecule has 0 atom stereocenters. The van der Waals surface area contributed by atoms with Crippen LogP contribution in [0.3, 0.4) is 0 Å². The number of nitrogens with two attached hydrogens (primary N) is 1. The van der Waals surface area contributed by atoms with Crippen molar-refractivity contribution >= 4 is 31.4 Å². The molecule has 0 aliphatic rings. The quantitative estimate of drug-likeness (QED) is 0.309. The van der Waals surface area contributed by atoms with E-state index in [0.29, 0.717) is 11.3 Å². The Hall–Kier alpha value is -2.28. The Bertz CT molecular complexity index is 1450. The van der Waals surface area contributed by atoms with E-state index in [1.54, 1.807) is 12.1 Å². The Morgan fingerprint density at radius 2 is 1.47 bits per heavy atom. The number of halogens is 1. The summed E-state index contributed by atoms with van der Waals surface area (Å²) in [6, 6.07) is 10.4. The van der Waals surface area contributed by atoms with Crippen molar-refractivity contribution in [1.29, 1.82) is 0 Å². The van der Waals surface area contributed by atoms with Crippen LogP contribution < -0.4 is 33.1 Å². The van der Waals surface area contributed by atoms with Gasteiger partial charge in [-0.05, 0) is 24.6 Å². The lowest BCUT2D eigenvalue weighted by Gasteiger charge is -2.17. The number of pyridine rings is 1. The van der Waals surface area contributed by atoms with E-state index in [2.05, 4.69) is 9.50 Å². The normalized spacial score (nSPS) is 12.9. The maximum atomic E-state index is 12.7. The van der Waals surface area contributed by atoms with Gasteiger partial charge in [0.2, 0.25) is 14.8 Å². The standard InChI is InChI=1S/C17H20N5O4S3.ClHO4/c1-11-9-12(2)22(13(3)10-11)14-5-7-15(8-6-14)29(25,26)20-16-21(4)19-17(27-16)28(18,23)24;2-1(3,4)5/h5-10H,1-4H3,(H2,18,23,24);(H,2,3,4,5)/q+1;/p-1/b20-16+;. The summed E-state index contributed by atoms with van der Waals surface area (Å²) in [5.41, 5.74) is 4.01. The molecule has 2 heterocycles. The molecular weight excluding hydrogens is 534 g/mol. The van der Waals surface area contributed by atoms with Crippen molar-refractivity contribution in [1.82, 2.24) is 9.78 Å². The molecule has 0 fully saturated rings. The van der Waals surface area contributed by atoms with Crippen molar-refractivity contribution in [3.63, 3.8) is 0 Å². The molecule has 0 aliphatic heterocycles. The minimum absolute atomic E-state index is 0.0187. The van der Waals surface area contributed by atoms with E-state index in [9.17, 15) is 16.8 Å². The smallest absolute Gasteiger partial charge is 0.239 e. The van der Waals surface area contributed by atoms with Crippen LogP contribution in [0, 0.1) is 31.0 Å². The number of rotatable bonds is 4. The molecule has 0 spiro atoms. The number of benzene rings is 1. The van der Waals surface area contributed by atoms with Gasteiger partial charge in [-0.3, -0.25) is 0 Å². The monoisotopic (exact) mass is 553 g/mol. The van der Waals surface area contributed by atoms with E-state index in [1.165, 1.54) is 19.2 Å². The topological polar surface area (TPSA) is 221 Å². The van der Waals surface area contributed by atoms with Crippen molar-refractivity contribution in [2.24, 2.45) is 16.6 Å². The van der Waals surface area contributed by atoms with Gasteiger partial charge in [-0.1, -0.05) is 11.3 Å². The Morgan fingerprint density at radius 3 is 1.88 bits per heavy atom. The minimum atomic E-state index is -4.94. The van der Waals surface area contributed by atoms with Crippen molar-refractivity contribution in [2.45, 2.75) is 30.0 Å². The first-order valence-electron chi connectivity index (χ1n) is 8.98. The summed E-state index contributed by atoms with van der Waals surface area (Å²) in [5.74, 6) is 0. The zero-order valence-electron chi connectivity index (χ0n) is 18.2. The number of hydrogen-bond acceptors (Lipinski definition) is 10. The van der Waals surface area contributed by atoms with Crippen LogP contribution in [0.5, 0.6) is 0 Å². The summed E-state index contributed by atoms with van der Waals surface area (Å²) in [4.78, 5) is -0.118. The lowest BCUT2D eigenvalue weighted by molar-refractivity contribution is -2.00. The number of nitrogens with zero attached hydrogens (tertiary/aromatic N) is 4. The molecule has 0 aliphatic carbocycles. The van der Waals surface area contributed by atoms with Crippen LogP contribution in [-0.4, -0.2) is 26.6 Å². The summed E-state index contributed by atoms with van der Waals surface area (Å²) in [6.07, 6.45) is 0. The van der Waals surface area contributed by atoms with Crippen LogP contribution in [-0.2, 0) is 27.1 Å². The van der Waals surface area contributed by atoms with Crippen LogP contribution in [0.15, 0.2) is 50.0 Å². The van der Waals surface area contributed by atoms with Crippen LogP contribution in [0.1, 0.15) is 17.0 Å². The van der Waals surface area contributed by atoms with E-state index in [0.717, 1.165) is 27.3 Å². The third-order valence-electron chi connectivity index (χ3n) is 4.10. The first-order valence-corrected chi connectivity index (χ1v) is 14.0. The maximum absolute atomic E-state index is 12.7. The van der Waals surface area contributed by atoms with Gasteiger partial charge >= 0.3 is 0 Å². The highest BCUT2D eigenvalue weighted by atomic mass is 35.7. The van der Waals surface area contributed by atoms with E-state index in [-0.39, 0.29) is 9.70 Å². The molecule has 0 bridgehead atoms. The Morgan fingerprint density at radius 1 is 1.00 bits per heavy atom. The highest BCUT2D eigenvalue weighted by Gasteiger charge is 2.20. The molecular formula is C17H20ClN5O8S3. The number of sulfonamides is 2. The van der Waals surface area contributed by atoms with Crippen molar-refractivity contribution < 1.29 is 50.3 Å². The average molecular weight is 554 g/mol. The third kappa shape index (κ3) is 7.62. The molecule has 0 amide bonds. The minimum Gasteiger partial charge on any atom is -0.239 e. The third-order valence-corrected chi connectivity index (χ3v) is 7.81. The largest absolute Gasteiger partial charge is 0.285 e. The van der Waals surface area contributed by atoms with Gasteiger partial charge in [0.15, 0.2) is 11.4 Å². The van der Waals surface area contributed by atoms with Gasteiger partial charge in [0.25, 0.3) is 20.0 Å². The molecule has 0 radical (unpaired) electrons. The lowest BCUT2D eigenvalue weighted by Crippen LogP contribution is -2.68. The van der Waals surface area contributed by atoms with Gasteiger partial charge in [0.05, 0.1) is 4.90 Å². The van der Waals surface area contributed by atoms with Crippen molar-refractivity contribution in [3.8, 4) is 5.69 Å². The Kier molecular flexibility index (Phi) is 8.34. The molecule has 2 aromatic heterocycles. The second-order valence-corrected chi connectivity index (χ2v) is 12.0. The summed E-state index contributed by atoms with van der Waals surface area (Å²) in [6.45, 7) is 5.97. The van der Waals surface area contributed by atoms with E-state index < -0.39 is 34.6 Å². The fourth-order valence-corrected chi connectivity index (χ4v) is 5.73. The van der Waals surface area contributed by atoms with Gasteiger partial charge in [0, 0.05) is 45.2 Å². The van der Waals surface area contributed by atoms with Gasteiger partial charge in [0.1, 0.15) is 0 Å². The van der Waals surface area contributed by atoms with Gasteiger partial charge in [-0.25, -0.2) is 36.9 Å². The molecule has 0 unspecified atom stereocenters. The highest BCUT2D eigenvalue weighted by Crippen LogP contribution is 2.15. The zero-order valence-corrected chi connectivity index (χ0v) is 21.4. The Balaban J connectivity index is 0.000000739. The van der Waals surface area contributed by atoms with E-state index in [1.807, 2.05) is 37.5 Å². The second kappa shape index (κ2) is 10.1. The summed E-state index contributed by atoms with van der Waals surface area (Å²) in [5, 5.41) is 8.73. The van der Waals surface area contributed by atoms with Crippen molar-refractivity contribution in [3.05, 3.63) is 58.2 Å². The maximum Gasteiger partial charge on any atom is 0.285 e. The number of aryl methyl sites for hydroxylation is 4. The zero-order chi connectivity index (χ0) is 26.1. The molecule has 17 heteroatoms. The molecule has 34 heavy (non-hydrogen) atoms. The Labute approximate surface area is 201 Å². The second-order valence-electron chi connectivity index (χ2n) is 6.91. The van der Waals surface area contributed by atoms with Crippen LogP contribution in [0.25, 0.3) is 5.69 Å². The fraction of sp³-hybridized carbons (Fsp3) is 0.235. The highest BCUT2D eigenvalue weighted by molar-refractivity contribution is 7.91. The van der Waals surface area contributed by atoms with Crippen LogP contribution in [0.4, 0.5) is 0 Å². The fourth-order valence-electron chi connectivity index (χ4n) is 2.96. The molecule has 0 saturated heterocycles. The number of aromatic nitrogens is 3. The molecule has 13 nitrogen and oxygen atoms in total. The molecule has 3 aromatic rings. The average Bonchev–Trinajstić information content (AvgIpc) is 3.00. The first kappa shape index (κ1) is 28.0. The first-order chi connectivity index (χ1) is 15.4. The summed E-state index contributed by atoms with van der Waals surface area (Å²) < 4.78 is 88.4. The van der Waals surface area contributed by atoms with Gasteiger partial charge in [-0.2, -0.15) is 13.0 Å². The van der Waals surface area contributed by atoms with E-state index in [4.69, 9.17) is 23.8 Å². The molecule has 0 saturated carbocycles. The van der Waals surface area contributed by atoms with E-state index >= 15 is 0 Å². The number of hydrogen-bond donors (Lipinski definition) is 1. The molecule has 3 rings (SSSR count). The molecule has 2 N–H and O–H groups in total. The number of primary sulfonamides is 1. The molecule has 1 aromatic carbocycles. The summed E-state index contributed by atoms with van der Waals surface area (Å²) in [7, 11) is -11.7. The van der Waals surface area contributed by atoms with Crippen LogP contribution in [0.2, 0.25) is 0 Å². The summed E-state index contributed by atoms with van der Waals surface area (Å²) >= 11 is 0.582. The van der Waals surface area contributed by atoms with Gasteiger partial charge in [-0.15, -0.1) is 19.7 Å². The van der Waals surface area contributed by atoms with Crippen molar-refractivity contribution in [2.75, 3.05) is 0 Å².